The van der Waals surface area contributed by atoms with Crippen LogP contribution in [-0.4, -0.2) is 30.7 Å². The maximum absolute atomic E-state index is 12.7. The van der Waals surface area contributed by atoms with Gasteiger partial charge in [-0.15, -0.1) is 0 Å². The zero-order chi connectivity index (χ0) is 22.5. The number of hydrogen-bond donors (Lipinski definition) is 0. The van der Waals surface area contributed by atoms with Gasteiger partial charge in [0.05, 0.1) is 6.61 Å². The molecule has 4 rings (SSSR count). The molecular weight excluding hydrogens is 408 g/mol. The lowest BCUT2D eigenvalue weighted by atomic mass is 9.74. The van der Waals surface area contributed by atoms with Gasteiger partial charge in [0.25, 0.3) is 0 Å². The van der Waals surface area contributed by atoms with Gasteiger partial charge in [-0.2, -0.15) is 0 Å². The lowest BCUT2D eigenvalue weighted by molar-refractivity contribution is -0.142. The first kappa shape index (κ1) is 22.1. The summed E-state index contributed by atoms with van der Waals surface area (Å²) in [5, 5.41) is 0. The molecule has 1 fully saturated rings. The molecule has 1 aliphatic heterocycles. The molecular formula is C26H28O6. The molecule has 2 aliphatic rings. The van der Waals surface area contributed by atoms with Gasteiger partial charge in [0, 0.05) is 19.3 Å². The van der Waals surface area contributed by atoms with Crippen molar-refractivity contribution in [3.63, 3.8) is 0 Å². The van der Waals surface area contributed by atoms with Gasteiger partial charge in [-0.25, -0.2) is 0 Å². The molecule has 1 saturated carbocycles. The molecule has 0 atom stereocenters. The maximum atomic E-state index is 12.7. The second-order valence-electron chi connectivity index (χ2n) is 8.40. The van der Waals surface area contributed by atoms with E-state index < -0.39 is 5.92 Å². The summed E-state index contributed by atoms with van der Waals surface area (Å²) < 4.78 is 16.3. The lowest BCUT2D eigenvalue weighted by Crippen LogP contribution is -2.38. The Labute approximate surface area is 187 Å². The first-order chi connectivity index (χ1) is 15.5. The molecule has 168 valence electrons. The van der Waals surface area contributed by atoms with Crippen LogP contribution in [0.3, 0.4) is 0 Å². The number of rotatable bonds is 9. The van der Waals surface area contributed by atoms with Gasteiger partial charge in [0.1, 0.15) is 11.7 Å². The lowest BCUT2D eigenvalue weighted by Gasteiger charge is -2.26. The number of fused-ring (bicyclic) bond motifs is 1. The van der Waals surface area contributed by atoms with Gasteiger partial charge in [-0.05, 0) is 54.2 Å². The molecule has 2 aromatic carbocycles. The van der Waals surface area contributed by atoms with Crippen LogP contribution in [0.4, 0.5) is 0 Å². The number of ether oxygens (including phenoxy) is 3. The summed E-state index contributed by atoms with van der Waals surface area (Å²) >= 11 is 0. The van der Waals surface area contributed by atoms with Crippen LogP contribution < -0.4 is 14.2 Å². The van der Waals surface area contributed by atoms with E-state index in [2.05, 4.69) is 6.92 Å². The third-order valence-electron chi connectivity index (χ3n) is 6.08. The molecule has 0 unspecified atom stereocenters. The second-order valence-corrected chi connectivity index (χ2v) is 8.40. The Balaban J connectivity index is 1.32. The Bertz CT molecular complexity index is 976. The highest BCUT2D eigenvalue weighted by Gasteiger charge is 2.40. The van der Waals surface area contributed by atoms with Crippen LogP contribution in [0, 0.1) is 5.92 Å². The quantitative estimate of drug-likeness (QED) is 0.427. The van der Waals surface area contributed by atoms with Gasteiger partial charge in [0.2, 0.25) is 6.79 Å². The SMILES string of the molecule is CCCCOc1ccc(C2CC(=O)C(C(=O)CCc3ccc4c(c3)OCO4)C(=O)C2)cc1. The van der Waals surface area contributed by atoms with Gasteiger partial charge < -0.3 is 14.2 Å². The summed E-state index contributed by atoms with van der Waals surface area (Å²) in [5.74, 6) is -0.0262. The fraction of sp³-hybridized carbons (Fsp3) is 0.423. The minimum atomic E-state index is -1.13. The van der Waals surface area contributed by atoms with Crippen LogP contribution >= 0.6 is 0 Å². The van der Waals surface area contributed by atoms with E-state index >= 15 is 0 Å². The van der Waals surface area contributed by atoms with Crippen molar-refractivity contribution in [1.29, 1.82) is 0 Å². The molecule has 2 aromatic rings. The molecule has 32 heavy (non-hydrogen) atoms. The third kappa shape index (κ3) is 5.01. The Morgan fingerprint density at radius 1 is 1.00 bits per heavy atom. The monoisotopic (exact) mass is 436 g/mol. The van der Waals surface area contributed by atoms with Crippen molar-refractivity contribution in [1.82, 2.24) is 0 Å². The molecule has 1 heterocycles. The van der Waals surface area contributed by atoms with Crippen LogP contribution in [0.15, 0.2) is 42.5 Å². The Morgan fingerprint density at radius 3 is 2.44 bits per heavy atom. The Morgan fingerprint density at radius 2 is 1.72 bits per heavy atom. The number of carbonyl (C=O) groups excluding carboxylic acids is 3. The predicted molar refractivity (Wildman–Crippen MR) is 118 cm³/mol. The van der Waals surface area contributed by atoms with Gasteiger partial charge in [0.15, 0.2) is 28.8 Å². The average Bonchev–Trinajstić information content (AvgIpc) is 3.26. The van der Waals surface area contributed by atoms with Crippen molar-refractivity contribution in [2.75, 3.05) is 13.4 Å². The smallest absolute Gasteiger partial charge is 0.231 e. The zero-order valence-corrected chi connectivity index (χ0v) is 18.3. The van der Waals surface area contributed by atoms with E-state index in [-0.39, 0.29) is 49.3 Å². The average molecular weight is 437 g/mol. The standard InChI is InChI=1S/C26H28O6/c1-2-3-12-30-20-8-6-18(7-9-20)19-14-22(28)26(23(29)15-19)21(27)10-4-17-5-11-24-25(13-17)32-16-31-24/h5-9,11,13,19,26H,2-4,10,12,14-16H2,1H3. The molecule has 0 spiro atoms. The van der Waals surface area contributed by atoms with Crippen molar-refractivity contribution in [2.24, 2.45) is 5.92 Å². The maximum Gasteiger partial charge on any atom is 0.231 e. The summed E-state index contributed by atoms with van der Waals surface area (Å²) in [4.78, 5) is 38.2. The van der Waals surface area contributed by atoms with Crippen molar-refractivity contribution in [3.8, 4) is 17.2 Å². The van der Waals surface area contributed by atoms with Crippen LogP contribution in [0.1, 0.15) is 56.1 Å². The van der Waals surface area contributed by atoms with E-state index in [9.17, 15) is 14.4 Å². The molecule has 0 saturated heterocycles. The van der Waals surface area contributed by atoms with Gasteiger partial charge in [-0.3, -0.25) is 14.4 Å². The largest absolute Gasteiger partial charge is 0.494 e. The van der Waals surface area contributed by atoms with E-state index in [0.29, 0.717) is 24.5 Å². The number of benzene rings is 2. The summed E-state index contributed by atoms with van der Waals surface area (Å²) in [7, 11) is 0. The minimum absolute atomic E-state index is 0.149. The molecule has 0 aromatic heterocycles. The highest BCUT2D eigenvalue weighted by atomic mass is 16.7. The number of carbonyl (C=O) groups is 3. The topological polar surface area (TPSA) is 78.9 Å². The summed E-state index contributed by atoms with van der Waals surface area (Å²) in [5.41, 5.74) is 1.85. The van der Waals surface area contributed by atoms with Crippen molar-refractivity contribution in [3.05, 3.63) is 53.6 Å². The van der Waals surface area contributed by atoms with E-state index in [1.54, 1.807) is 0 Å². The molecule has 1 aliphatic carbocycles. The van der Waals surface area contributed by atoms with E-state index in [1.165, 1.54) is 0 Å². The molecule has 0 bridgehead atoms. The van der Waals surface area contributed by atoms with Crippen molar-refractivity contribution < 1.29 is 28.6 Å². The van der Waals surface area contributed by atoms with Gasteiger partial charge in [-0.1, -0.05) is 31.5 Å². The number of hydrogen-bond acceptors (Lipinski definition) is 6. The number of aryl methyl sites for hydroxylation is 1. The summed E-state index contributed by atoms with van der Waals surface area (Å²) in [6, 6.07) is 13.1. The number of Topliss-reactive ketones (excluding diaryl/α,β-unsaturated/α-hetero) is 3. The van der Waals surface area contributed by atoms with E-state index in [4.69, 9.17) is 14.2 Å². The summed E-state index contributed by atoms with van der Waals surface area (Å²) in [6.45, 7) is 2.98. The zero-order valence-electron chi connectivity index (χ0n) is 18.3. The predicted octanol–water partition coefficient (Wildman–Crippen LogP) is 4.43. The fourth-order valence-corrected chi connectivity index (χ4v) is 4.25. The fourth-order valence-electron chi connectivity index (χ4n) is 4.25. The number of ketones is 3. The van der Waals surface area contributed by atoms with Crippen LogP contribution in [-0.2, 0) is 20.8 Å². The van der Waals surface area contributed by atoms with Crippen LogP contribution in [0.2, 0.25) is 0 Å². The third-order valence-corrected chi connectivity index (χ3v) is 6.08. The molecule has 0 N–H and O–H groups in total. The van der Waals surface area contributed by atoms with E-state index in [0.717, 1.165) is 29.7 Å². The normalized spacial score (nSPS) is 19.8. The second kappa shape index (κ2) is 9.98. The Kier molecular flexibility index (Phi) is 6.88. The van der Waals surface area contributed by atoms with Gasteiger partial charge >= 0.3 is 0 Å². The Hall–Kier alpha value is -3.15. The highest BCUT2D eigenvalue weighted by molar-refractivity contribution is 6.21. The first-order valence-electron chi connectivity index (χ1n) is 11.2. The summed E-state index contributed by atoms with van der Waals surface area (Å²) in [6.07, 6.45) is 3.09. The first-order valence-corrected chi connectivity index (χ1v) is 11.2. The minimum Gasteiger partial charge on any atom is -0.494 e. The van der Waals surface area contributed by atoms with Crippen molar-refractivity contribution >= 4 is 17.3 Å². The molecule has 0 amide bonds. The van der Waals surface area contributed by atoms with Crippen LogP contribution in [0.5, 0.6) is 17.2 Å². The van der Waals surface area contributed by atoms with Crippen molar-refractivity contribution in [2.45, 2.75) is 51.4 Å². The molecule has 0 radical (unpaired) electrons. The molecule has 6 nitrogen and oxygen atoms in total. The molecule has 6 heteroatoms. The van der Waals surface area contributed by atoms with Crippen LogP contribution in [0.25, 0.3) is 0 Å². The number of unbranched alkanes of at least 4 members (excludes halogenated alkanes) is 1. The van der Waals surface area contributed by atoms with E-state index in [1.807, 2.05) is 42.5 Å². The highest BCUT2D eigenvalue weighted by Crippen LogP contribution is 2.35.